The number of halogens is 1. The van der Waals surface area contributed by atoms with Gasteiger partial charge in [0, 0.05) is 10.7 Å². The van der Waals surface area contributed by atoms with Crippen molar-refractivity contribution >= 4 is 40.8 Å². The smallest absolute Gasteiger partial charge is 0.338 e. The summed E-state index contributed by atoms with van der Waals surface area (Å²) in [6, 6.07) is 13.5. The molecule has 2 aromatic rings. The van der Waals surface area contributed by atoms with E-state index in [2.05, 4.69) is 10.4 Å². The highest BCUT2D eigenvalue weighted by Gasteiger charge is 2.47. The van der Waals surface area contributed by atoms with E-state index in [1.54, 1.807) is 69.3 Å². The first kappa shape index (κ1) is 24.3. The van der Waals surface area contributed by atoms with E-state index in [9.17, 15) is 14.4 Å². The molecule has 0 spiro atoms. The van der Waals surface area contributed by atoms with Gasteiger partial charge in [-0.05, 0) is 56.7 Å². The highest BCUT2D eigenvalue weighted by atomic mass is 35.5. The molecule has 1 aliphatic rings. The monoisotopic (exact) mass is 471 g/mol. The quantitative estimate of drug-likeness (QED) is 0.589. The van der Waals surface area contributed by atoms with E-state index in [0.29, 0.717) is 22.0 Å². The van der Waals surface area contributed by atoms with Crippen LogP contribution in [0.2, 0.25) is 5.02 Å². The summed E-state index contributed by atoms with van der Waals surface area (Å²) in [5.41, 5.74) is 0.983. The minimum absolute atomic E-state index is 0.0876. The summed E-state index contributed by atoms with van der Waals surface area (Å²) in [5.74, 6) is -1.22. The molecule has 33 heavy (non-hydrogen) atoms. The maximum Gasteiger partial charge on any atom is 0.338 e. The van der Waals surface area contributed by atoms with Gasteiger partial charge in [-0.3, -0.25) is 14.6 Å². The summed E-state index contributed by atoms with van der Waals surface area (Å²) in [4.78, 5) is 37.4. The fourth-order valence-electron chi connectivity index (χ4n) is 3.56. The lowest BCUT2D eigenvalue weighted by molar-refractivity contribution is -0.150. The third-order valence-electron chi connectivity index (χ3n) is 5.09. The first-order valence-electron chi connectivity index (χ1n) is 10.6. The van der Waals surface area contributed by atoms with Crippen molar-refractivity contribution in [2.24, 2.45) is 10.5 Å². The Morgan fingerprint density at radius 1 is 1.09 bits per heavy atom. The fourth-order valence-corrected chi connectivity index (χ4v) is 3.68. The van der Waals surface area contributed by atoms with Crippen molar-refractivity contribution in [2.75, 3.05) is 31.6 Å². The van der Waals surface area contributed by atoms with Crippen LogP contribution in [0.5, 0.6) is 0 Å². The molecule has 1 unspecified atom stereocenters. The minimum Gasteiger partial charge on any atom is -0.465 e. The predicted octanol–water partition coefficient (Wildman–Crippen LogP) is 3.74. The number of hydrazone groups is 1. The Morgan fingerprint density at radius 2 is 1.79 bits per heavy atom. The summed E-state index contributed by atoms with van der Waals surface area (Å²) in [6.07, 6.45) is 0. The lowest BCUT2D eigenvalue weighted by Gasteiger charge is -2.24. The van der Waals surface area contributed by atoms with Crippen LogP contribution >= 0.6 is 11.6 Å². The number of amides is 1. The molecule has 3 rings (SSSR count). The maximum absolute atomic E-state index is 12.8. The van der Waals surface area contributed by atoms with Gasteiger partial charge in [0.05, 0.1) is 31.0 Å². The van der Waals surface area contributed by atoms with Crippen LogP contribution < -0.4 is 5.32 Å². The third kappa shape index (κ3) is 5.70. The van der Waals surface area contributed by atoms with Crippen LogP contribution in [0.3, 0.4) is 0 Å². The van der Waals surface area contributed by atoms with Crippen molar-refractivity contribution in [3.8, 4) is 0 Å². The van der Waals surface area contributed by atoms with Crippen LogP contribution in [-0.2, 0) is 19.1 Å². The zero-order valence-corrected chi connectivity index (χ0v) is 19.5. The zero-order valence-electron chi connectivity index (χ0n) is 18.8. The van der Waals surface area contributed by atoms with Crippen molar-refractivity contribution in [3.63, 3.8) is 0 Å². The first-order valence-corrected chi connectivity index (χ1v) is 11.0. The van der Waals surface area contributed by atoms with Crippen molar-refractivity contribution in [2.45, 2.75) is 20.8 Å². The molecule has 0 saturated heterocycles. The molecule has 0 aliphatic carbocycles. The van der Waals surface area contributed by atoms with Crippen LogP contribution in [0.25, 0.3) is 0 Å². The third-order valence-corrected chi connectivity index (χ3v) is 5.34. The van der Waals surface area contributed by atoms with E-state index in [1.807, 2.05) is 0 Å². The Kier molecular flexibility index (Phi) is 7.71. The zero-order chi connectivity index (χ0) is 24.0. The molecular formula is C24H26ClN3O5. The summed E-state index contributed by atoms with van der Waals surface area (Å²) >= 11 is 6.00. The number of rotatable bonds is 8. The molecule has 0 saturated carbocycles. The van der Waals surface area contributed by atoms with Crippen LogP contribution in [0.4, 0.5) is 5.69 Å². The van der Waals surface area contributed by atoms with Crippen LogP contribution in [-0.4, -0.2) is 54.9 Å². The number of benzene rings is 2. The Labute approximate surface area is 197 Å². The molecule has 1 N–H and O–H groups in total. The molecule has 0 radical (unpaired) electrons. The molecule has 1 atom stereocenters. The molecule has 0 fully saturated rings. The van der Waals surface area contributed by atoms with E-state index in [4.69, 9.17) is 21.1 Å². The second-order valence-electron chi connectivity index (χ2n) is 7.68. The number of esters is 2. The second-order valence-corrected chi connectivity index (χ2v) is 8.12. The molecule has 8 nitrogen and oxygen atoms in total. The average Bonchev–Trinajstić information content (AvgIpc) is 3.11. The van der Waals surface area contributed by atoms with E-state index in [1.165, 1.54) is 5.01 Å². The van der Waals surface area contributed by atoms with E-state index in [0.717, 1.165) is 5.56 Å². The maximum atomic E-state index is 12.8. The van der Waals surface area contributed by atoms with Crippen molar-refractivity contribution in [1.29, 1.82) is 0 Å². The van der Waals surface area contributed by atoms with Gasteiger partial charge in [-0.2, -0.15) is 5.10 Å². The molecule has 1 heterocycles. The van der Waals surface area contributed by atoms with Crippen LogP contribution in [0, 0.1) is 5.41 Å². The number of hydrogen-bond donors (Lipinski definition) is 1. The SMILES string of the molecule is CCOC(=O)c1cccc(NC(=O)CN2CC(C)(C(=O)OCC)C(c3ccc(Cl)cc3)=N2)c1. The minimum atomic E-state index is -1.05. The average molecular weight is 472 g/mol. The molecule has 1 aliphatic heterocycles. The first-order chi connectivity index (χ1) is 15.8. The Balaban J connectivity index is 1.77. The van der Waals surface area contributed by atoms with E-state index < -0.39 is 17.4 Å². The lowest BCUT2D eigenvalue weighted by atomic mass is 9.82. The number of ether oxygens (including phenoxy) is 2. The molecule has 2 aromatic carbocycles. The van der Waals surface area contributed by atoms with Gasteiger partial charge >= 0.3 is 11.9 Å². The van der Waals surface area contributed by atoms with Gasteiger partial charge in [0.15, 0.2) is 0 Å². The van der Waals surface area contributed by atoms with Crippen LogP contribution in [0.1, 0.15) is 36.7 Å². The predicted molar refractivity (Wildman–Crippen MR) is 125 cm³/mol. The Bertz CT molecular complexity index is 1070. The van der Waals surface area contributed by atoms with Gasteiger partial charge in [-0.1, -0.05) is 29.8 Å². The lowest BCUT2D eigenvalue weighted by Crippen LogP contribution is -2.41. The summed E-state index contributed by atoms with van der Waals surface area (Å²) in [7, 11) is 0. The number of hydrogen-bond acceptors (Lipinski definition) is 7. The number of nitrogens with one attached hydrogen (secondary N) is 1. The molecule has 9 heteroatoms. The van der Waals surface area contributed by atoms with E-state index >= 15 is 0 Å². The normalized spacial score (nSPS) is 17.3. The summed E-state index contributed by atoms with van der Waals surface area (Å²) in [6.45, 7) is 5.81. The highest BCUT2D eigenvalue weighted by molar-refractivity contribution is 6.30. The molecule has 1 amide bonds. The topological polar surface area (TPSA) is 97.3 Å². The van der Waals surface area contributed by atoms with Gasteiger partial charge in [0.2, 0.25) is 5.91 Å². The van der Waals surface area contributed by atoms with Gasteiger partial charge in [-0.15, -0.1) is 0 Å². The summed E-state index contributed by atoms with van der Waals surface area (Å²) < 4.78 is 10.3. The number of nitrogens with zero attached hydrogens (tertiary/aromatic N) is 2. The number of carbonyl (C=O) groups excluding carboxylic acids is 3. The van der Waals surface area contributed by atoms with Gasteiger partial charge in [-0.25, -0.2) is 4.79 Å². The number of anilines is 1. The van der Waals surface area contributed by atoms with Crippen molar-refractivity contribution in [1.82, 2.24) is 5.01 Å². The van der Waals surface area contributed by atoms with Crippen molar-refractivity contribution in [3.05, 3.63) is 64.7 Å². The molecular weight excluding hydrogens is 446 g/mol. The molecule has 0 aromatic heterocycles. The van der Waals surface area contributed by atoms with Crippen LogP contribution in [0.15, 0.2) is 53.6 Å². The van der Waals surface area contributed by atoms with E-state index in [-0.39, 0.29) is 32.2 Å². The standard InChI is InChI=1S/C24H26ClN3O5/c1-4-32-22(30)17-7-6-8-19(13-17)26-20(29)14-28-15-24(3,23(31)33-5-2)21(27-28)16-9-11-18(25)12-10-16/h6-13H,4-5,14-15H2,1-3H3,(H,26,29). The van der Waals surface area contributed by atoms with Gasteiger partial charge in [0.25, 0.3) is 0 Å². The van der Waals surface area contributed by atoms with Gasteiger partial charge in [0.1, 0.15) is 12.0 Å². The molecule has 174 valence electrons. The van der Waals surface area contributed by atoms with Gasteiger partial charge < -0.3 is 14.8 Å². The fraction of sp³-hybridized carbons (Fsp3) is 0.333. The molecule has 0 bridgehead atoms. The summed E-state index contributed by atoms with van der Waals surface area (Å²) in [5, 5.41) is 9.43. The van der Waals surface area contributed by atoms with Crippen molar-refractivity contribution < 1.29 is 23.9 Å². The Hall–Kier alpha value is -3.39. The number of carbonyl (C=O) groups is 3. The highest BCUT2D eigenvalue weighted by Crippen LogP contribution is 2.33. The Morgan fingerprint density at radius 3 is 2.45 bits per heavy atom. The largest absolute Gasteiger partial charge is 0.465 e. The second kappa shape index (κ2) is 10.5.